The zero-order valence-electron chi connectivity index (χ0n) is 15.4. The van der Waals surface area contributed by atoms with Crippen molar-refractivity contribution in [2.75, 3.05) is 16.8 Å². The minimum atomic E-state index is -0.361. The number of carbonyl (C=O) groups excluding carboxylic acids is 2. The van der Waals surface area contributed by atoms with Crippen LogP contribution in [0, 0.1) is 5.92 Å². The molecule has 2 amide bonds. The van der Waals surface area contributed by atoms with Crippen LogP contribution >= 0.6 is 0 Å². The molecule has 6 nitrogen and oxygen atoms in total. The van der Waals surface area contributed by atoms with Crippen molar-refractivity contribution in [1.29, 1.82) is 0 Å². The number of amides is 2. The fraction of sp³-hybridized carbons (Fsp3) is 0.286. The number of nitrogens with one attached hydrogen (secondary N) is 2. The number of fused-ring (bicyclic) bond motifs is 1. The molecule has 1 aliphatic rings. The van der Waals surface area contributed by atoms with Gasteiger partial charge in [0.25, 0.3) is 0 Å². The van der Waals surface area contributed by atoms with Gasteiger partial charge >= 0.3 is 0 Å². The van der Waals surface area contributed by atoms with Gasteiger partial charge in [0.05, 0.1) is 17.6 Å². The molecule has 1 aromatic heterocycles. The Labute approximate surface area is 157 Å². The van der Waals surface area contributed by atoms with Gasteiger partial charge in [0.2, 0.25) is 11.8 Å². The molecular formula is C21H22N4O2. The number of aromatic amines is 1. The Morgan fingerprint density at radius 3 is 2.93 bits per heavy atom. The van der Waals surface area contributed by atoms with Crippen LogP contribution in [0.4, 0.5) is 11.4 Å². The fourth-order valence-corrected chi connectivity index (χ4v) is 3.45. The maximum Gasteiger partial charge on any atom is 0.229 e. The quantitative estimate of drug-likeness (QED) is 0.743. The Morgan fingerprint density at radius 1 is 1.26 bits per heavy atom. The SMILES string of the molecule is CC(C)c1cccc(N2CC(C(=O)Nc3ccc4[nH]ncc4c3)CC2=O)c1. The molecule has 0 bridgehead atoms. The first-order valence-electron chi connectivity index (χ1n) is 9.15. The summed E-state index contributed by atoms with van der Waals surface area (Å²) < 4.78 is 0. The lowest BCUT2D eigenvalue weighted by molar-refractivity contribution is -0.122. The van der Waals surface area contributed by atoms with E-state index in [0.29, 0.717) is 18.2 Å². The van der Waals surface area contributed by atoms with Gasteiger partial charge < -0.3 is 10.2 Å². The van der Waals surface area contributed by atoms with E-state index >= 15 is 0 Å². The van der Waals surface area contributed by atoms with Crippen molar-refractivity contribution in [1.82, 2.24) is 10.2 Å². The van der Waals surface area contributed by atoms with E-state index in [-0.39, 0.29) is 24.2 Å². The van der Waals surface area contributed by atoms with Crippen LogP contribution < -0.4 is 10.2 Å². The Hall–Kier alpha value is -3.15. The molecule has 6 heteroatoms. The van der Waals surface area contributed by atoms with Crippen LogP contribution in [0.25, 0.3) is 10.9 Å². The molecule has 0 saturated carbocycles. The third-order valence-corrected chi connectivity index (χ3v) is 5.05. The summed E-state index contributed by atoms with van der Waals surface area (Å²) in [5.41, 5.74) is 3.67. The Balaban J connectivity index is 1.48. The summed E-state index contributed by atoms with van der Waals surface area (Å²) >= 11 is 0. The lowest BCUT2D eigenvalue weighted by Crippen LogP contribution is -2.28. The summed E-state index contributed by atoms with van der Waals surface area (Å²) in [7, 11) is 0. The van der Waals surface area contributed by atoms with Gasteiger partial charge in [-0.15, -0.1) is 0 Å². The highest BCUT2D eigenvalue weighted by molar-refractivity contribution is 6.04. The summed E-state index contributed by atoms with van der Waals surface area (Å²) in [6.45, 7) is 4.65. The van der Waals surface area contributed by atoms with E-state index in [9.17, 15) is 9.59 Å². The first kappa shape index (κ1) is 17.3. The normalized spacial score (nSPS) is 17.1. The third kappa shape index (κ3) is 3.43. The third-order valence-electron chi connectivity index (χ3n) is 5.05. The lowest BCUT2D eigenvalue weighted by Gasteiger charge is -2.18. The van der Waals surface area contributed by atoms with Crippen molar-refractivity contribution >= 4 is 34.1 Å². The number of nitrogens with zero attached hydrogens (tertiary/aromatic N) is 2. The van der Waals surface area contributed by atoms with Gasteiger partial charge in [-0.2, -0.15) is 5.10 Å². The van der Waals surface area contributed by atoms with Crippen molar-refractivity contribution in [3.63, 3.8) is 0 Å². The molecule has 138 valence electrons. The molecule has 2 N–H and O–H groups in total. The molecule has 0 aliphatic carbocycles. The van der Waals surface area contributed by atoms with E-state index in [1.165, 1.54) is 5.56 Å². The second-order valence-electron chi connectivity index (χ2n) is 7.32. The Kier molecular flexibility index (Phi) is 4.39. The molecule has 1 fully saturated rings. The van der Waals surface area contributed by atoms with E-state index in [1.807, 2.05) is 36.4 Å². The molecule has 1 unspecified atom stereocenters. The number of H-pyrrole nitrogens is 1. The summed E-state index contributed by atoms with van der Waals surface area (Å²) in [6.07, 6.45) is 1.94. The molecule has 3 aromatic rings. The Morgan fingerprint density at radius 2 is 2.11 bits per heavy atom. The maximum atomic E-state index is 12.7. The number of aromatic nitrogens is 2. The standard InChI is InChI=1S/C21H22N4O2/c1-13(2)14-4-3-5-18(9-14)25-12-16(10-20(25)26)21(27)23-17-6-7-19-15(8-17)11-22-24-19/h3-9,11,13,16H,10,12H2,1-2H3,(H,22,24)(H,23,27). The summed E-state index contributed by atoms with van der Waals surface area (Å²) in [4.78, 5) is 26.9. The smallest absolute Gasteiger partial charge is 0.229 e. The molecule has 0 spiro atoms. The zero-order valence-corrected chi connectivity index (χ0v) is 15.4. The molecule has 0 radical (unpaired) electrons. The first-order valence-corrected chi connectivity index (χ1v) is 9.15. The van der Waals surface area contributed by atoms with E-state index in [2.05, 4.69) is 35.4 Å². The second-order valence-corrected chi connectivity index (χ2v) is 7.32. The van der Waals surface area contributed by atoms with Crippen molar-refractivity contribution in [3.05, 3.63) is 54.2 Å². The minimum Gasteiger partial charge on any atom is -0.326 e. The highest BCUT2D eigenvalue weighted by Gasteiger charge is 2.35. The monoisotopic (exact) mass is 362 g/mol. The molecule has 4 rings (SSSR count). The summed E-state index contributed by atoms with van der Waals surface area (Å²) in [5.74, 6) is -0.116. The first-order chi connectivity index (χ1) is 13.0. The van der Waals surface area contributed by atoms with Crippen LogP contribution in [0.15, 0.2) is 48.7 Å². The van der Waals surface area contributed by atoms with Gasteiger partial charge in [-0.05, 0) is 41.8 Å². The minimum absolute atomic E-state index is 0.0126. The number of rotatable bonds is 4. The Bertz CT molecular complexity index is 1010. The number of carbonyl (C=O) groups is 2. The lowest BCUT2D eigenvalue weighted by atomic mass is 10.0. The maximum absolute atomic E-state index is 12.7. The topological polar surface area (TPSA) is 78.1 Å². The van der Waals surface area contributed by atoms with Crippen LogP contribution in [0.2, 0.25) is 0 Å². The van der Waals surface area contributed by atoms with Crippen molar-refractivity contribution in [2.45, 2.75) is 26.2 Å². The van der Waals surface area contributed by atoms with Gasteiger partial charge in [-0.3, -0.25) is 14.7 Å². The van der Waals surface area contributed by atoms with E-state index in [0.717, 1.165) is 16.6 Å². The molecular weight excluding hydrogens is 340 g/mol. The van der Waals surface area contributed by atoms with Gasteiger partial charge in [0, 0.05) is 29.7 Å². The number of anilines is 2. The second kappa shape index (κ2) is 6.87. The van der Waals surface area contributed by atoms with Gasteiger partial charge in [-0.1, -0.05) is 26.0 Å². The van der Waals surface area contributed by atoms with Crippen molar-refractivity contribution < 1.29 is 9.59 Å². The highest BCUT2D eigenvalue weighted by atomic mass is 16.2. The molecule has 1 saturated heterocycles. The average molecular weight is 362 g/mol. The van der Waals surface area contributed by atoms with Gasteiger partial charge in [-0.25, -0.2) is 0 Å². The number of hydrogen-bond donors (Lipinski definition) is 2. The fourth-order valence-electron chi connectivity index (χ4n) is 3.45. The summed E-state index contributed by atoms with van der Waals surface area (Å²) in [6, 6.07) is 13.6. The van der Waals surface area contributed by atoms with Gasteiger partial charge in [0.1, 0.15) is 0 Å². The van der Waals surface area contributed by atoms with E-state index < -0.39 is 0 Å². The highest BCUT2D eigenvalue weighted by Crippen LogP contribution is 2.28. The molecule has 2 aromatic carbocycles. The molecule has 1 atom stereocenters. The average Bonchev–Trinajstić information content (AvgIpc) is 3.27. The largest absolute Gasteiger partial charge is 0.326 e. The van der Waals surface area contributed by atoms with Crippen LogP contribution in [0.5, 0.6) is 0 Å². The van der Waals surface area contributed by atoms with E-state index in [4.69, 9.17) is 0 Å². The summed E-state index contributed by atoms with van der Waals surface area (Å²) in [5, 5.41) is 10.7. The van der Waals surface area contributed by atoms with Crippen LogP contribution in [-0.4, -0.2) is 28.6 Å². The molecule has 1 aliphatic heterocycles. The van der Waals surface area contributed by atoms with Gasteiger partial charge in [0.15, 0.2) is 0 Å². The van der Waals surface area contributed by atoms with Crippen LogP contribution in [0.3, 0.4) is 0 Å². The molecule has 2 heterocycles. The van der Waals surface area contributed by atoms with Crippen molar-refractivity contribution in [2.24, 2.45) is 5.92 Å². The predicted octanol–water partition coefficient (Wildman–Crippen LogP) is 3.68. The van der Waals surface area contributed by atoms with Crippen LogP contribution in [0.1, 0.15) is 31.7 Å². The predicted molar refractivity (Wildman–Crippen MR) is 106 cm³/mol. The number of hydrogen-bond acceptors (Lipinski definition) is 3. The van der Waals surface area contributed by atoms with E-state index in [1.54, 1.807) is 11.1 Å². The van der Waals surface area contributed by atoms with Crippen molar-refractivity contribution in [3.8, 4) is 0 Å². The zero-order chi connectivity index (χ0) is 19.0. The molecule has 27 heavy (non-hydrogen) atoms. The number of benzene rings is 2. The van der Waals surface area contributed by atoms with Crippen LogP contribution in [-0.2, 0) is 9.59 Å².